The molecule has 0 bridgehead atoms. The molecule has 1 N–H and O–H groups in total. The third kappa shape index (κ3) is 3.22. The van der Waals surface area contributed by atoms with Gasteiger partial charge >= 0.3 is 0 Å². The second-order valence-corrected chi connectivity index (χ2v) is 3.40. The molecule has 0 radical (unpaired) electrons. The zero-order valence-corrected chi connectivity index (χ0v) is 9.28. The van der Waals surface area contributed by atoms with Crippen molar-refractivity contribution in [3.8, 4) is 11.5 Å². The second-order valence-electron chi connectivity index (χ2n) is 3.40. The van der Waals surface area contributed by atoms with Crippen molar-refractivity contribution in [2.45, 2.75) is 6.42 Å². The van der Waals surface area contributed by atoms with Gasteiger partial charge in [-0.05, 0) is 12.1 Å². The normalized spacial score (nSPS) is 11.1. The Balaban J connectivity index is 2.01. The SMILES string of the molecule is OCCN=CCc1noc(-c2ccccc2)n1. The summed E-state index contributed by atoms with van der Waals surface area (Å²) in [4.78, 5) is 8.22. The highest BCUT2D eigenvalue weighted by molar-refractivity contribution is 5.60. The number of hydrogen-bond donors (Lipinski definition) is 1. The van der Waals surface area contributed by atoms with Crippen LogP contribution in [0.2, 0.25) is 0 Å². The fraction of sp³-hybridized carbons (Fsp3) is 0.250. The number of benzene rings is 1. The fourth-order valence-electron chi connectivity index (χ4n) is 1.33. The quantitative estimate of drug-likeness (QED) is 0.788. The van der Waals surface area contributed by atoms with Gasteiger partial charge in [0.2, 0.25) is 0 Å². The average Bonchev–Trinajstić information content (AvgIpc) is 2.85. The Labute approximate surface area is 98.8 Å². The Kier molecular flexibility index (Phi) is 3.99. The van der Waals surface area contributed by atoms with Crippen LogP contribution in [0.1, 0.15) is 5.82 Å². The Morgan fingerprint density at radius 1 is 1.29 bits per heavy atom. The van der Waals surface area contributed by atoms with Crippen molar-refractivity contribution < 1.29 is 9.63 Å². The molecule has 17 heavy (non-hydrogen) atoms. The van der Waals surface area contributed by atoms with Gasteiger partial charge in [-0.2, -0.15) is 4.98 Å². The minimum absolute atomic E-state index is 0.0536. The summed E-state index contributed by atoms with van der Waals surface area (Å²) in [5.41, 5.74) is 0.901. The van der Waals surface area contributed by atoms with Gasteiger partial charge in [0.05, 0.1) is 13.2 Å². The molecule has 2 aromatic rings. The number of hydrogen-bond acceptors (Lipinski definition) is 5. The molecule has 88 valence electrons. The van der Waals surface area contributed by atoms with Gasteiger partial charge in [-0.3, -0.25) is 4.99 Å². The van der Waals surface area contributed by atoms with Crippen LogP contribution in [-0.2, 0) is 6.42 Å². The van der Waals surface area contributed by atoms with E-state index in [4.69, 9.17) is 9.63 Å². The Morgan fingerprint density at radius 2 is 2.12 bits per heavy atom. The van der Waals surface area contributed by atoms with E-state index in [0.717, 1.165) is 5.56 Å². The summed E-state index contributed by atoms with van der Waals surface area (Å²) < 4.78 is 5.14. The molecule has 0 amide bonds. The molecule has 1 heterocycles. The van der Waals surface area contributed by atoms with Gasteiger partial charge < -0.3 is 9.63 Å². The maximum atomic E-state index is 8.55. The van der Waals surface area contributed by atoms with Crippen molar-refractivity contribution in [2.75, 3.05) is 13.2 Å². The molecule has 0 saturated carbocycles. The summed E-state index contributed by atoms with van der Waals surface area (Å²) in [6.45, 7) is 0.460. The van der Waals surface area contributed by atoms with E-state index >= 15 is 0 Å². The van der Waals surface area contributed by atoms with Crippen LogP contribution in [0.5, 0.6) is 0 Å². The lowest BCUT2D eigenvalue weighted by Crippen LogP contribution is -1.92. The fourth-order valence-corrected chi connectivity index (χ4v) is 1.33. The van der Waals surface area contributed by atoms with Gasteiger partial charge in [-0.15, -0.1) is 0 Å². The monoisotopic (exact) mass is 231 g/mol. The van der Waals surface area contributed by atoms with E-state index in [-0.39, 0.29) is 6.61 Å². The molecule has 5 nitrogen and oxygen atoms in total. The number of aliphatic hydroxyl groups excluding tert-OH is 1. The van der Waals surface area contributed by atoms with Crippen LogP contribution in [-0.4, -0.2) is 34.6 Å². The van der Waals surface area contributed by atoms with Gasteiger partial charge in [0.1, 0.15) is 0 Å². The van der Waals surface area contributed by atoms with Crippen LogP contribution in [0.25, 0.3) is 11.5 Å². The molecule has 0 unspecified atom stereocenters. The third-order valence-corrected chi connectivity index (χ3v) is 2.12. The number of rotatable bonds is 5. The van der Waals surface area contributed by atoms with Crippen molar-refractivity contribution in [3.05, 3.63) is 36.2 Å². The van der Waals surface area contributed by atoms with E-state index < -0.39 is 0 Å². The number of nitrogens with zero attached hydrogens (tertiary/aromatic N) is 3. The van der Waals surface area contributed by atoms with Crippen molar-refractivity contribution in [3.63, 3.8) is 0 Å². The summed E-state index contributed by atoms with van der Waals surface area (Å²) in [6.07, 6.45) is 2.19. The highest BCUT2D eigenvalue weighted by Crippen LogP contribution is 2.15. The lowest BCUT2D eigenvalue weighted by Gasteiger charge is -1.90. The smallest absolute Gasteiger partial charge is 0.257 e. The molecule has 0 saturated heterocycles. The van der Waals surface area contributed by atoms with Crippen molar-refractivity contribution in [1.82, 2.24) is 10.1 Å². The largest absolute Gasteiger partial charge is 0.394 e. The molecule has 2 rings (SSSR count). The minimum atomic E-state index is 0.0536. The molecule has 0 fully saturated rings. The van der Waals surface area contributed by atoms with E-state index in [2.05, 4.69) is 15.1 Å². The van der Waals surface area contributed by atoms with Gasteiger partial charge in [0, 0.05) is 18.2 Å². The van der Waals surface area contributed by atoms with E-state index in [1.807, 2.05) is 30.3 Å². The zero-order chi connectivity index (χ0) is 11.9. The summed E-state index contributed by atoms with van der Waals surface area (Å²) in [5, 5.41) is 12.4. The van der Waals surface area contributed by atoms with Crippen LogP contribution in [0.15, 0.2) is 39.8 Å². The molecule has 1 aromatic carbocycles. The zero-order valence-electron chi connectivity index (χ0n) is 9.28. The molecular formula is C12H13N3O2. The van der Waals surface area contributed by atoms with Gasteiger partial charge in [-0.25, -0.2) is 0 Å². The minimum Gasteiger partial charge on any atom is -0.394 e. The lowest BCUT2D eigenvalue weighted by atomic mass is 10.2. The third-order valence-electron chi connectivity index (χ3n) is 2.12. The second kappa shape index (κ2) is 5.91. The van der Waals surface area contributed by atoms with E-state index in [0.29, 0.717) is 24.7 Å². The Hall–Kier alpha value is -2.01. The van der Waals surface area contributed by atoms with Crippen LogP contribution in [0.3, 0.4) is 0 Å². The van der Waals surface area contributed by atoms with E-state index in [1.54, 1.807) is 6.21 Å². The summed E-state index contributed by atoms with van der Waals surface area (Å²) in [5.74, 6) is 1.10. The van der Waals surface area contributed by atoms with Crippen LogP contribution in [0.4, 0.5) is 0 Å². The predicted molar refractivity (Wildman–Crippen MR) is 63.9 cm³/mol. The first-order valence-electron chi connectivity index (χ1n) is 5.37. The van der Waals surface area contributed by atoms with Gasteiger partial charge in [-0.1, -0.05) is 23.4 Å². The first-order valence-corrected chi connectivity index (χ1v) is 5.37. The van der Waals surface area contributed by atoms with E-state index in [1.165, 1.54) is 0 Å². The molecule has 0 atom stereocenters. The van der Waals surface area contributed by atoms with Gasteiger partial charge in [0.25, 0.3) is 5.89 Å². The standard InChI is InChI=1S/C12H13N3O2/c16-9-8-13-7-6-11-14-12(17-15-11)10-4-2-1-3-5-10/h1-5,7,16H,6,8-9H2. The lowest BCUT2D eigenvalue weighted by molar-refractivity contribution is 0.307. The highest BCUT2D eigenvalue weighted by Gasteiger charge is 2.06. The van der Waals surface area contributed by atoms with Gasteiger partial charge in [0.15, 0.2) is 5.82 Å². The summed E-state index contributed by atoms with van der Waals surface area (Å²) >= 11 is 0. The van der Waals surface area contributed by atoms with Crippen LogP contribution < -0.4 is 0 Å². The van der Waals surface area contributed by atoms with Crippen LogP contribution >= 0.6 is 0 Å². The molecule has 0 aliphatic heterocycles. The maximum Gasteiger partial charge on any atom is 0.257 e. The number of aromatic nitrogens is 2. The van der Waals surface area contributed by atoms with Crippen molar-refractivity contribution in [1.29, 1.82) is 0 Å². The topological polar surface area (TPSA) is 71.5 Å². The Morgan fingerprint density at radius 3 is 2.88 bits per heavy atom. The number of aliphatic imine (C=N–C) groups is 1. The highest BCUT2D eigenvalue weighted by atomic mass is 16.5. The molecule has 5 heteroatoms. The summed E-state index contributed by atoms with van der Waals surface area (Å²) in [7, 11) is 0. The molecule has 0 aliphatic rings. The van der Waals surface area contributed by atoms with Crippen molar-refractivity contribution >= 4 is 6.21 Å². The predicted octanol–water partition coefficient (Wildman–Crippen LogP) is 1.34. The number of aliphatic hydroxyl groups is 1. The first-order chi connectivity index (χ1) is 8.40. The molecule has 1 aromatic heterocycles. The average molecular weight is 231 g/mol. The molecule has 0 spiro atoms. The van der Waals surface area contributed by atoms with Crippen molar-refractivity contribution in [2.24, 2.45) is 4.99 Å². The van der Waals surface area contributed by atoms with Crippen LogP contribution in [0, 0.1) is 0 Å². The van der Waals surface area contributed by atoms with E-state index in [9.17, 15) is 0 Å². The molecule has 0 aliphatic carbocycles. The summed E-state index contributed by atoms with van der Waals surface area (Å²) in [6, 6.07) is 9.60. The Bertz CT molecular complexity index is 480. The molecular weight excluding hydrogens is 218 g/mol. The maximum absolute atomic E-state index is 8.55. The first kappa shape index (κ1) is 11.5.